The minimum atomic E-state index is -0.386. The van der Waals surface area contributed by atoms with Gasteiger partial charge < -0.3 is 4.98 Å². The summed E-state index contributed by atoms with van der Waals surface area (Å²) >= 11 is 0. The van der Waals surface area contributed by atoms with E-state index in [-0.39, 0.29) is 28.6 Å². The Balaban J connectivity index is 1.86. The SMILES string of the molecule is CCC(C)n1c(=O)c2[nH]c(-c3cn[nH]c3Cc3cccc(F)c3)nc2n(CC)c1=O. The number of hydrogen-bond acceptors (Lipinski definition) is 4. The van der Waals surface area contributed by atoms with Gasteiger partial charge in [0.1, 0.15) is 17.2 Å². The number of aromatic amines is 2. The third-order valence-corrected chi connectivity index (χ3v) is 5.40. The van der Waals surface area contributed by atoms with Crippen LogP contribution in [0.5, 0.6) is 0 Å². The second kappa shape index (κ2) is 7.74. The molecule has 4 aromatic rings. The fourth-order valence-electron chi connectivity index (χ4n) is 3.62. The molecule has 0 amide bonds. The maximum absolute atomic E-state index is 13.5. The minimum Gasteiger partial charge on any atom is -0.332 e. The molecule has 4 rings (SSSR count). The summed E-state index contributed by atoms with van der Waals surface area (Å²) in [7, 11) is 0. The predicted molar refractivity (Wildman–Crippen MR) is 112 cm³/mol. The highest BCUT2D eigenvalue weighted by atomic mass is 19.1. The highest BCUT2D eigenvalue weighted by Crippen LogP contribution is 2.23. The van der Waals surface area contributed by atoms with E-state index in [1.807, 2.05) is 26.8 Å². The van der Waals surface area contributed by atoms with Gasteiger partial charge in [0.2, 0.25) is 0 Å². The van der Waals surface area contributed by atoms with Crippen molar-refractivity contribution in [3.05, 3.63) is 68.4 Å². The molecule has 156 valence electrons. The van der Waals surface area contributed by atoms with Crippen LogP contribution < -0.4 is 11.2 Å². The Kier molecular flexibility index (Phi) is 5.11. The molecule has 1 unspecified atom stereocenters. The van der Waals surface area contributed by atoms with Crippen LogP contribution in [0.15, 0.2) is 40.1 Å². The summed E-state index contributed by atoms with van der Waals surface area (Å²) in [6.07, 6.45) is 2.68. The number of benzene rings is 1. The first kappa shape index (κ1) is 19.8. The van der Waals surface area contributed by atoms with Gasteiger partial charge in [0, 0.05) is 19.0 Å². The summed E-state index contributed by atoms with van der Waals surface area (Å²) in [6.45, 7) is 6.00. The van der Waals surface area contributed by atoms with Crippen molar-refractivity contribution in [3.63, 3.8) is 0 Å². The Bertz CT molecular complexity index is 1330. The Morgan fingerprint density at radius 2 is 2.03 bits per heavy atom. The number of halogens is 1. The molecule has 0 fully saturated rings. The summed E-state index contributed by atoms with van der Waals surface area (Å²) in [5.74, 6) is 0.126. The molecule has 0 spiro atoms. The minimum absolute atomic E-state index is 0.226. The lowest BCUT2D eigenvalue weighted by molar-refractivity contribution is 0.473. The molecule has 9 heteroatoms. The van der Waals surface area contributed by atoms with Crippen LogP contribution in [0.25, 0.3) is 22.6 Å². The fourth-order valence-corrected chi connectivity index (χ4v) is 3.62. The van der Waals surface area contributed by atoms with Crippen LogP contribution in [0.4, 0.5) is 4.39 Å². The maximum Gasteiger partial charge on any atom is 0.332 e. The maximum atomic E-state index is 13.5. The zero-order chi connectivity index (χ0) is 21.4. The van der Waals surface area contributed by atoms with Crippen LogP contribution in [0.2, 0.25) is 0 Å². The molecule has 2 N–H and O–H groups in total. The lowest BCUT2D eigenvalue weighted by Gasteiger charge is -2.14. The van der Waals surface area contributed by atoms with E-state index in [0.717, 1.165) is 11.3 Å². The van der Waals surface area contributed by atoms with Crippen molar-refractivity contribution in [2.24, 2.45) is 0 Å². The first-order chi connectivity index (χ1) is 14.4. The highest BCUT2D eigenvalue weighted by molar-refractivity contribution is 5.76. The van der Waals surface area contributed by atoms with E-state index >= 15 is 0 Å². The average molecular weight is 410 g/mol. The number of aryl methyl sites for hydroxylation is 1. The van der Waals surface area contributed by atoms with Gasteiger partial charge >= 0.3 is 5.69 Å². The number of nitrogens with zero attached hydrogens (tertiary/aromatic N) is 4. The van der Waals surface area contributed by atoms with Crippen molar-refractivity contribution in [2.75, 3.05) is 0 Å². The van der Waals surface area contributed by atoms with Gasteiger partial charge in [-0.15, -0.1) is 0 Å². The Morgan fingerprint density at radius 3 is 2.73 bits per heavy atom. The van der Waals surface area contributed by atoms with Gasteiger partial charge in [0.15, 0.2) is 5.65 Å². The normalized spacial score (nSPS) is 12.5. The van der Waals surface area contributed by atoms with E-state index in [1.165, 1.54) is 21.3 Å². The lowest BCUT2D eigenvalue weighted by atomic mass is 10.1. The van der Waals surface area contributed by atoms with Crippen molar-refractivity contribution in [1.82, 2.24) is 29.3 Å². The number of hydrogen-bond donors (Lipinski definition) is 2. The number of imidazole rings is 1. The first-order valence-corrected chi connectivity index (χ1v) is 9.96. The van der Waals surface area contributed by atoms with Gasteiger partial charge in [-0.3, -0.25) is 19.0 Å². The van der Waals surface area contributed by atoms with Crippen molar-refractivity contribution in [2.45, 2.75) is 46.2 Å². The summed E-state index contributed by atoms with van der Waals surface area (Å²) in [6, 6.07) is 6.10. The lowest BCUT2D eigenvalue weighted by Crippen LogP contribution is -2.41. The standard InChI is InChI=1S/C21H23FN6O2/c1-4-12(3)28-20(29)17-19(27(5-2)21(28)30)25-18(24-17)15-11-23-26-16(15)10-13-7-6-8-14(22)9-13/h6-9,11-12H,4-5,10H2,1-3H3,(H,23,26)(H,24,25). The van der Waals surface area contributed by atoms with Crippen molar-refractivity contribution in [3.8, 4) is 11.4 Å². The molecule has 0 radical (unpaired) electrons. The Morgan fingerprint density at radius 1 is 1.23 bits per heavy atom. The molecule has 0 aliphatic carbocycles. The Labute approximate surface area is 171 Å². The second-order valence-electron chi connectivity index (χ2n) is 7.31. The zero-order valence-electron chi connectivity index (χ0n) is 17.1. The van der Waals surface area contributed by atoms with E-state index < -0.39 is 0 Å². The topological polar surface area (TPSA) is 101 Å². The van der Waals surface area contributed by atoms with Gasteiger partial charge in [0.05, 0.1) is 17.5 Å². The first-order valence-electron chi connectivity index (χ1n) is 9.96. The molecule has 3 aromatic heterocycles. The molecule has 0 saturated heterocycles. The average Bonchev–Trinajstić information content (AvgIpc) is 3.35. The third-order valence-electron chi connectivity index (χ3n) is 5.40. The van der Waals surface area contributed by atoms with Crippen molar-refractivity contribution >= 4 is 11.2 Å². The summed E-state index contributed by atoms with van der Waals surface area (Å²) in [5, 5.41) is 7.02. The number of fused-ring (bicyclic) bond motifs is 1. The van der Waals surface area contributed by atoms with Crippen LogP contribution in [-0.4, -0.2) is 29.3 Å². The molecule has 1 aromatic carbocycles. The number of aromatic nitrogens is 6. The highest BCUT2D eigenvalue weighted by Gasteiger charge is 2.21. The van der Waals surface area contributed by atoms with Crippen molar-refractivity contribution < 1.29 is 4.39 Å². The van der Waals surface area contributed by atoms with E-state index in [9.17, 15) is 14.0 Å². The third kappa shape index (κ3) is 3.26. The molecule has 0 aliphatic rings. The summed E-state index contributed by atoms with van der Waals surface area (Å²) in [5.41, 5.74) is 2.02. The Hall–Kier alpha value is -3.49. The van der Waals surface area contributed by atoms with Crippen LogP contribution in [0, 0.1) is 5.82 Å². The second-order valence-corrected chi connectivity index (χ2v) is 7.31. The molecule has 8 nitrogen and oxygen atoms in total. The molecule has 0 bridgehead atoms. The van der Waals surface area contributed by atoms with Crippen LogP contribution in [-0.2, 0) is 13.0 Å². The molecule has 0 aliphatic heterocycles. The fraction of sp³-hybridized carbons (Fsp3) is 0.333. The van der Waals surface area contributed by atoms with E-state index in [2.05, 4.69) is 20.2 Å². The van der Waals surface area contributed by atoms with Gasteiger partial charge in [-0.2, -0.15) is 5.10 Å². The molecular formula is C21H23FN6O2. The smallest absolute Gasteiger partial charge is 0.332 e. The van der Waals surface area contributed by atoms with E-state index in [1.54, 1.807) is 12.3 Å². The van der Waals surface area contributed by atoms with Gasteiger partial charge in [-0.05, 0) is 38.0 Å². The quantitative estimate of drug-likeness (QED) is 0.510. The van der Waals surface area contributed by atoms with Gasteiger partial charge in [-0.25, -0.2) is 14.2 Å². The largest absolute Gasteiger partial charge is 0.332 e. The molecule has 30 heavy (non-hydrogen) atoms. The van der Waals surface area contributed by atoms with Gasteiger partial charge in [0.25, 0.3) is 5.56 Å². The van der Waals surface area contributed by atoms with E-state index in [0.29, 0.717) is 36.4 Å². The monoisotopic (exact) mass is 410 g/mol. The molecule has 3 heterocycles. The van der Waals surface area contributed by atoms with Crippen LogP contribution in [0.1, 0.15) is 44.5 Å². The van der Waals surface area contributed by atoms with Crippen LogP contribution in [0.3, 0.4) is 0 Å². The summed E-state index contributed by atoms with van der Waals surface area (Å²) in [4.78, 5) is 33.6. The molecule has 1 atom stereocenters. The van der Waals surface area contributed by atoms with Gasteiger partial charge in [-0.1, -0.05) is 19.1 Å². The van der Waals surface area contributed by atoms with E-state index in [4.69, 9.17) is 0 Å². The molecular weight excluding hydrogens is 387 g/mol. The zero-order valence-corrected chi connectivity index (χ0v) is 17.1. The molecule has 0 saturated carbocycles. The number of H-pyrrole nitrogens is 2. The van der Waals surface area contributed by atoms with Crippen molar-refractivity contribution in [1.29, 1.82) is 0 Å². The van der Waals surface area contributed by atoms with Crippen LogP contribution >= 0.6 is 0 Å². The predicted octanol–water partition coefficient (Wildman–Crippen LogP) is 3.00. The number of nitrogens with one attached hydrogen (secondary N) is 2. The summed E-state index contributed by atoms with van der Waals surface area (Å²) < 4.78 is 16.3. The number of rotatable bonds is 6.